The normalized spacial score (nSPS) is 17.2. The molecule has 1 aliphatic rings. The lowest BCUT2D eigenvalue weighted by atomic mass is 9.81. The van der Waals surface area contributed by atoms with Crippen molar-refractivity contribution in [2.45, 2.75) is 36.6 Å². The molecule has 6 heteroatoms. The molecule has 0 aliphatic heterocycles. The smallest absolute Gasteiger partial charge is 0.245 e. The molecule has 0 heterocycles. The average Bonchev–Trinajstić information content (AvgIpc) is 2.35. The summed E-state index contributed by atoms with van der Waals surface area (Å²) >= 11 is 5.72. The molecule has 0 bridgehead atoms. The molecule has 2 N–H and O–H groups in total. The first kappa shape index (κ1) is 15.2. The van der Waals surface area contributed by atoms with Gasteiger partial charge in [0, 0.05) is 0 Å². The maximum absolute atomic E-state index is 12.2. The lowest BCUT2D eigenvalue weighted by molar-refractivity contribution is 0.285. The number of hydrogen-bond acceptors (Lipinski definition) is 3. The number of nitrogens with one attached hydrogen (secondary N) is 1. The Morgan fingerprint density at radius 3 is 2.75 bits per heavy atom. The van der Waals surface area contributed by atoms with E-state index in [1.165, 1.54) is 24.6 Å². The average molecular weight is 314 g/mol. The summed E-state index contributed by atoms with van der Waals surface area (Å²) in [4.78, 5) is -0.251. The van der Waals surface area contributed by atoms with Crippen LogP contribution in [0.4, 0.5) is 0 Å². The topological polar surface area (TPSA) is 66.4 Å². The highest BCUT2D eigenvalue weighted by Crippen LogP contribution is 2.32. The molecule has 1 fully saturated rings. The number of phenols is 1. The van der Waals surface area contributed by atoms with E-state index in [9.17, 15) is 13.5 Å². The summed E-state index contributed by atoms with van der Waals surface area (Å²) < 4.78 is 26.9. The lowest BCUT2D eigenvalue weighted by Crippen LogP contribution is -2.36. The minimum Gasteiger partial charge on any atom is -0.505 e. The van der Waals surface area contributed by atoms with Gasteiger partial charge in [-0.25, -0.2) is 8.42 Å². The minimum atomic E-state index is -3.88. The van der Waals surface area contributed by atoms with Crippen molar-refractivity contribution in [3.05, 3.63) is 23.2 Å². The molecule has 1 aromatic carbocycles. The number of phenolic OH excluding ortho intramolecular Hbond substituents is 1. The number of hydrogen-bond donors (Lipinski definition) is 2. The van der Waals surface area contributed by atoms with E-state index < -0.39 is 21.8 Å². The SMILES string of the molecule is C#CC(CC1CCC1)NS(=O)(=O)c1cccc(Cl)c1O. The first-order valence-corrected chi connectivity index (χ1v) is 8.26. The number of terminal acetylenes is 1. The Balaban J connectivity index is 2.17. The van der Waals surface area contributed by atoms with Crippen molar-refractivity contribution >= 4 is 21.6 Å². The van der Waals surface area contributed by atoms with E-state index in [0.29, 0.717) is 12.3 Å². The Morgan fingerprint density at radius 2 is 2.20 bits per heavy atom. The van der Waals surface area contributed by atoms with E-state index in [1.54, 1.807) is 0 Å². The third-order valence-electron chi connectivity index (χ3n) is 3.53. The van der Waals surface area contributed by atoms with Gasteiger partial charge in [-0.1, -0.05) is 42.9 Å². The quantitative estimate of drug-likeness (QED) is 0.821. The van der Waals surface area contributed by atoms with Gasteiger partial charge in [0.15, 0.2) is 5.75 Å². The van der Waals surface area contributed by atoms with Crippen LogP contribution >= 0.6 is 11.6 Å². The molecular weight excluding hydrogens is 298 g/mol. The molecule has 0 aromatic heterocycles. The van der Waals surface area contributed by atoms with E-state index in [4.69, 9.17) is 18.0 Å². The summed E-state index contributed by atoms with van der Waals surface area (Å²) in [6, 6.07) is 3.61. The number of benzene rings is 1. The second-order valence-corrected chi connectivity index (χ2v) is 7.05. The predicted molar refractivity (Wildman–Crippen MR) is 78.0 cm³/mol. The third kappa shape index (κ3) is 3.26. The Labute approximate surface area is 124 Å². The van der Waals surface area contributed by atoms with Gasteiger partial charge in [-0.2, -0.15) is 4.72 Å². The number of halogens is 1. The van der Waals surface area contributed by atoms with Crippen LogP contribution in [-0.4, -0.2) is 19.6 Å². The van der Waals surface area contributed by atoms with Crippen molar-refractivity contribution < 1.29 is 13.5 Å². The van der Waals surface area contributed by atoms with Crippen LogP contribution in [0.1, 0.15) is 25.7 Å². The minimum absolute atomic E-state index is 0.0101. The van der Waals surface area contributed by atoms with E-state index in [0.717, 1.165) is 12.8 Å². The molecule has 1 unspecified atom stereocenters. The lowest BCUT2D eigenvalue weighted by Gasteiger charge is -2.27. The number of aromatic hydroxyl groups is 1. The van der Waals surface area contributed by atoms with Crippen molar-refractivity contribution in [1.29, 1.82) is 0 Å². The van der Waals surface area contributed by atoms with Gasteiger partial charge in [-0.15, -0.1) is 6.42 Å². The molecule has 0 spiro atoms. The monoisotopic (exact) mass is 313 g/mol. The van der Waals surface area contributed by atoms with Gasteiger partial charge in [-0.3, -0.25) is 0 Å². The fraction of sp³-hybridized carbons (Fsp3) is 0.429. The molecule has 2 rings (SSSR count). The van der Waals surface area contributed by atoms with Crippen LogP contribution < -0.4 is 4.72 Å². The zero-order valence-corrected chi connectivity index (χ0v) is 12.4. The summed E-state index contributed by atoms with van der Waals surface area (Å²) in [6.45, 7) is 0. The van der Waals surface area contributed by atoms with Crippen LogP contribution in [0.25, 0.3) is 0 Å². The molecule has 108 valence electrons. The Morgan fingerprint density at radius 1 is 1.50 bits per heavy atom. The highest BCUT2D eigenvalue weighted by Gasteiger charge is 2.26. The van der Waals surface area contributed by atoms with Gasteiger partial charge in [0.2, 0.25) is 10.0 Å². The van der Waals surface area contributed by atoms with E-state index in [2.05, 4.69) is 10.6 Å². The van der Waals surface area contributed by atoms with Crippen molar-refractivity contribution in [3.63, 3.8) is 0 Å². The molecule has 1 aromatic rings. The van der Waals surface area contributed by atoms with Crippen molar-refractivity contribution in [3.8, 4) is 18.1 Å². The molecular formula is C14H16ClNO3S. The number of sulfonamides is 1. The highest BCUT2D eigenvalue weighted by atomic mass is 35.5. The van der Waals surface area contributed by atoms with Crippen LogP contribution in [0, 0.1) is 18.3 Å². The van der Waals surface area contributed by atoms with Gasteiger partial charge in [0.25, 0.3) is 0 Å². The van der Waals surface area contributed by atoms with Crippen LogP contribution in [-0.2, 0) is 10.0 Å². The summed E-state index contributed by atoms with van der Waals surface area (Å²) in [5.74, 6) is 2.48. The van der Waals surface area contributed by atoms with Crippen molar-refractivity contribution in [2.24, 2.45) is 5.92 Å². The predicted octanol–water partition coefficient (Wildman–Crippen LogP) is 2.52. The largest absolute Gasteiger partial charge is 0.505 e. The molecule has 0 saturated heterocycles. The molecule has 1 aliphatic carbocycles. The number of rotatable bonds is 5. The molecule has 20 heavy (non-hydrogen) atoms. The molecule has 1 atom stereocenters. The fourth-order valence-corrected chi connectivity index (χ4v) is 3.69. The second-order valence-electron chi connectivity index (χ2n) is 4.96. The van der Waals surface area contributed by atoms with Crippen LogP contribution in [0.15, 0.2) is 23.1 Å². The first-order chi connectivity index (χ1) is 9.44. The Bertz CT molecular complexity index is 632. The summed E-state index contributed by atoms with van der Waals surface area (Å²) in [5.41, 5.74) is 0. The maximum atomic E-state index is 12.2. The Kier molecular flexibility index (Phi) is 4.59. The second kappa shape index (κ2) is 6.04. The zero-order chi connectivity index (χ0) is 14.8. The van der Waals surface area contributed by atoms with Gasteiger partial charge < -0.3 is 5.11 Å². The van der Waals surface area contributed by atoms with Gasteiger partial charge >= 0.3 is 0 Å². The first-order valence-electron chi connectivity index (χ1n) is 6.40. The zero-order valence-electron chi connectivity index (χ0n) is 10.8. The van der Waals surface area contributed by atoms with Gasteiger partial charge in [-0.05, 0) is 24.5 Å². The maximum Gasteiger partial charge on any atom is 0.245 e. The summed E-state index contributed by atoms with van der Waals surface area (Å²) in [6.07, 6.45) is 9.35. The summed E-state index contributed by atoms with van der Waals surface area (Å²) in [7, 11) is -3.88. The van der Waals surface area contributed by atoms with Crippen LogP contribution in [0.5, 0.6) is 5.75 Å². The molecule has 4 nitrogen and oxygen atoms in total. The third-order valence-corrected chi connectivity index (χ3v) is 5.34. The van der Waals surface area contributed by atoms with E-state index in [-0.39, 0.29) is 9.92 Å². The standard InChI is InChI=1S/C14H16ClNO3S/c1-2-11(9-10-5-3-6-10)16-20(18,19)13-8-4-7-12(15)14(13)17/h1,4,7-8,10-11,16-17H,3,5-6,9H2. The van der Waals surface area contributed by atoms with Crippen molar-refractivity contribution in [1.82, 2.24) is 4.72 Å². The summed E-state index contributed by atoms with van der Waals surface area (Å²) in [5, 5.41) is 9.75. The van der Waals surface area contributed by atoms with E-state index in [1.807, 2.05) is 0 Å². The highest BCUT2D eigenvalue weighted by molar-refractivity contribution is 7.89. The van der Waals surface area contributed by atoms with Crippen LogP contribution in [0.3, 0.4) is 0 Å². The number of para-hydroxylation sites is 1. The molecule has 0 amide bonds. The van der Waals surface area contributed by atoms with Crippen LogP contribution in [0.2, 0.25) is 5.02 Å². The molecule has 0 radical (unpaired) electrons. The fourth-order valence-electron chi connectivity index (χ4n) is 2.18. The Hall–Kier alpha value is -1.22. The molecule has 1 saturated carbocycles. The van der Waals surface area contributed by atoms with Gasteiger partial charge in [0.05, 0.1) is 11.1 Å². The van der Waals surface area contributed by atoms with Gasteiger partial charge in [0.1, 0.15) is 4.90 Å². The van der Waals surface area contributed by atoms with Crippen molar-refractivity contribution in [2.75, 3.05) is 0 Å². The van der Waals surface area contributed by atoms with E-state index >= 15 is 0 Å².